The zero-order valence-corrected chi connectivity index (χ0v) is 10.0. The molecule has 1 aliphatic rings. The number of hydrogen-bond donors (Lipinski definition) is 2. The van der Waals surface area contributed by atoms with Crippen LogP contribution in [0.25, 0.3) is 0 Å². The summed E-state index contributed by atoms with van der Waals surface area (Å²) in [7, 11) is 0. The van der Waals surface area contributed by atoms with Crippen molar-refractivity contribution in [3.8, 4) is 0 Å². The highest BCUT2D eigenvalue weighted by molar-refractivity contribution is 5.56. The first-order valence-corrected chi connectivity index (χ1v) is 5.79. The van der Waals surface area contributed by atoms with Crippen molar-refractivity contribution < 1.29 is 5.11 Å². The molecule has 1 fully saturated rings. The molecule has 1 aliphatic heterocycles. The lowest BCUT2D eigenvalue weighted by atomic mass is 10.1. The molecule has 0 spiro atoms. The van der Waals surface area contributed by atoms with Crippen LogP contribution >= 0.6 is 0 Å². The highest BCUT2D eigenvalue weighted by atomic mass is 16.3. The Labute approximate surface area is 96.9 Å². The summed E-state index contributed by atoms with van der Waals surface area (Å²) < 4.78 is 0. The normalized spacial score (nSPS) is 25.1. The van der Waals surface area contributed by atoms with E-state index in [-0.39, 0.29) is 0 Å². The summed E-state index contributed by atoms with van der Waals surface area (Å²) in [5.74, 6) is 0. The number of β-amino-alcohol motifs (C(OH)–C–C–N with tert-alkyl or cyclic N) is 1. The second-order valence-electron chi connectivity index (χ2n) is 5.00. The molecule has 1 atom stereocenters. The van der Waals surface area contributed by atoms with Crippen LogP contribution in [0.1, 0.15) is 24.5 Å². The Kier molecular flexibility index (Phi) is 2.91. The average molecular weight is 220 g/mol. The molecule has 0 radical (unpaired) electrons. The molecule has 1 aromatic carbocycles. The summed E-state index contributed by atoms with van der Waals surface area (Å²) in [6.45, 7) is 6.13. The number of aryl methyl sites for hydroxylation is 1. The quantitative estimate of drug-likeness (QED) is 0.792. The number of anilines is 1. The van der Waals surface area contributed by atoms with E-state index in [2.05, 4.69) is 30.0 Å². The maximum Gasteiger partial charge on any atom is 0.0810 e. The zero-order valence-electron chi connectivity index (χ0n) is 10.0. The third-order valence-corrected chi connectivity index (χ3v) is 3.25. The van der Waals surface area contributed by atoms with Crippen LogP contribution in [0.3, 0.4) is 0 Å². The van der Waals surface area contributed by atoms with E-state index < -0.39 is 5.60 Å². The van der Waals surface area contributed by atoms with Gasteiger partial charge in [0, 0.05) is 25.3 Å². The minimum atomic E-state index is -0.560. The Morgan fingerprint density at radius 2 is 2.25 bits per heavy atom. The molecule has 88 valence electrons. The fourth-order valence-corrected chi connectivity index (χ4v) is 2.29. The molecule has 16 heavy (non-hydrogen) atoms. The fourth-order valence-electron chi connectivity index (χ4n) is 2.29. The predicted molar refractivity (Wildman–Crippen MR) is 66.5 cm³/mol. The first kappa shape index (κ1) is 11.4. The Morgan fingerprint density at radius 1 is 1.50 bits per heavy atom. The van der Waals surface area contributed by atoms with Crippen LogP contribution in [0, 0.1) is 6.92 Å². The lowest BCUT2D eigenvalue weighted by molar-refractivity contribution is 0.0839. The van der Waals surface area contributed by atoms with Crippen LogP contribution < -0.4 is 10.6 Å². The van der Waals surface area contributed by atoms with Crippen LogP contribution in [-0.4, -0.2) is 23.8 Å². The van der Waals surface area contributed by atoms with Gasteiger partial charge in [0.1, 0.15) is 0 Å². The highest BCUT2D eigenvalue weighted by Crippen LogP contribution is 2.29. The molecular formula is C13H20N2O. The summed E-state index contributed by atoms with van der Waals surface area (Å²) >= 11 is 0. The molecule has 1 unspecified atom stereocenters. The number of hydrogen-bond acceptors (Lipinski definition) is 3. The third kappa shape index (κ3) is 2.20. The molecule has 3 nitrogen and oxygen atoms in total. The average Bonchev–Trinajstić information content (AvgIpc) is 2.59. The lowest BCUT2D eigenvalue weighted by Crippen LogP contribution is -2.30. The second kappa shape index (κ2) is 4.07. The molecular weight excluding hydrogens is 200 g/mol. The minimum absolute atomic E-state index is 0.550. The van der Waals surface area contributed by atoms with E-state index in [1.54, 1.807) is 0 Å². The molecule has 0 aromatic heterocycles. The SMILES string of the molecule is Cc1ccc(CN)c(N2CCC(C)(O)C2)c1. The molecule has 0 bridgehead atoms. The molecule has 0 aliphatic carbocycles. The van der Waals surface area contributed by atoms with E-state index >= 15 is 0 Å². The monoisotopic (exact) mass is 220 g/mol. The first-order valence-electron chi connectivity index (χ1n) is 5.79. The number of rotatable bonds is 2. The van der Waals surface area contributed by atoms with Crippen molar-refractivity contribution >= 4 is 5.69 Å². The van der Waals surface area contributed by atoms with E-state index in [0.29, 0.717) is 13.1 Å². The summed E-state index contributed by atoms with van der Waals surface area (Å²) in [5, 5.41) is 9.99. The van der Waals surface area contributed by atoms with Gasteiger partial charge >= 0.3 is 0 Å². The minimum Gasteiger partial charge on any atom is -0.388 e. The Morgan fingerprint density at radius 3 is 2.81 bits per heavy atom. The summed E-state index contributed by atoms with van der Waals surface area (Å²) in [6, 6.07) is 6.32. The van der Waals surface area contributed by atoms with Gasteiger partial charge in [-0.15, -0.1) is 0 Å². The van der Waals surface area contributed by atoms with Gasteiger partial charge in [-0.2, -0.15) is 0 Å². The van der Waals surface area contributed by atoms with Gasteiger partial charge in [-0.1, -0.05) is 12.1 Å². The van der Waals surface area contributed by atoms with Crippen LogP contribution in [0.2, 0.25) is 0 Å². The van der Waals surface area contributed by atoms with Crippen LogP contribution in [0.4, 0.5) is 5.69 Å². The Balaban J connectivity index is 2.30. The smallest absolute Gasteiger partial charge is 0.0810 e. The van der Waals surface area contributed by atoms with Crippen molar-refractivity contribution in [2.75, 3.05) is 18.0 Å². The highest BCUT2D eigenvalue weighted by Gasteiger charge is 2.32. The molecule has 1 heterocycles. The third-order valence-electron chi connectivity index (χ3n) is 3.25. The van der Waals surface area contributed by atoms with Gasteiger partial charge in [-0.3, -0.25) is 0 Å². The molecule has 0 saturated carbocycles. The van der Waals surface area contributed by atoms with Gasteiger partial charge in [0.25, 0.3) is 0 Å². The Hall–Kier alpha value is -1.06. The largest absolute Gasteiger partial charge is 0.388 e. The molecule has 3 N–H and O–H groups in total. The Bertz CT molecular complexity index is 388. The standard InChI is InChI=1S/C13H20N2O/c1-10-3-4-11(8-14)12(7-10)15-6-5-13(2,16)9-15/h3-4,7,16H,5-6,8-9,14H2,1-2H3. The van der Waals surface area contributed by atoms with Crippen molar-refractivity contribution in [2.24, 2.45) is 5.73 Å². The van der Waals surface area contributed by atoms with Crippen molar-refractivity contribution in [3.63, 3.8) is 0 Å². The maximum absolute atomic E-state index is 9.99. The number of aliphatic hydroxyl groups is 1. The summed E-state index contributed by atoms with van der Waals surface area (Å²) in [4.78, 5) is 2.23. The van der Waals surface area contributed by atoms with Crippen molar-refractivity contribution in [3.05, 3.63) is 29.3 Å². The molecule has 2 rings (SSSR count). The molecule has 0 amide bonds. The lowest BCUT2D eigenvalue weighted by Gasteiger charge is -2.23. The predicted octanol–water partition coefficient (Wildman–Crippen LogP) is 1.41. The first-order chi connectivity index (χ1) is 7.52. The fraction of sp³-hybridized carbons (Fsp3) is 0.538. The zero-order chi connectivity index (χ0) is 11.8. The number of nitrogens with two attached hydrogens (primary N) is 1. The van der Waals surface area contributed by atoms with Gasteiger partial charge in [0.2, 0.25) is 0 Å². The van der Waals surface area contributed by atoms with Gasteiger partial charge in [0.05, 0.1) is 5.60 Å². The molecule has 1 aromatic rings. The van der Waals surface area contributed by atoms with Crippen LogP contribution in [-0.2, 0) is 6.54 Å². The van der Waals surface area contributed by atoms with Gasteiger partial charge in [0.15, 0.2) is 0 Å². The maximum atomic E-state index is 9.99. The molecule has 3 heteroatoms. The van der Waals surface area contributed by atoms with E-state index in [4.69, 9.17) is 5.73 Å². The van der Waals surface area contributed by atoms with Crippen LogP contribution in [0.5, 0.6) is 0 Å². The van der Waals surface area contributed by atoms with Gasteiger partial charge < -0.3 is 15.7 Å². The number of benzene rings is 1. The van der Waals surface area contributed by atoms with E-state index in [1.165, 1.54) is 11.3 Å². The summed E-state index contributed by atoms with van der Waals surface area (Å²) in [5.41, 5.74) is 8.76. The number of nitrogens with zero attached hydrogens (tertiary/aromatic N) is 1. The van der Waals surface area contributed by atoms with E-state index in [9.17, 15) is 5.11 Å². The van der Waals surface area contributed by atoms with Gasteiger partial charge in [-0.05, 0) is 37.5 Å². The van der Waals surface area contributed by atoms with Gasteiger partial charge in [-0.25, -0.2) is 0 Å². The van der Waals surface area contributed by atoms with E-state index in [0.717, 1.165) is 18.5 Å². The summed E-state index contributed by atoms with van der Waals surface area (Å²) in [6.07, 6.45) is 0.824. The molecule has 1 saturated heterocycles. The second-order valence-corrected chi connectivity index (χ2v) is 5.00. The topological polar surface area (TPSA) is 49.5 Å². The van der Waals surface area contributed by atoms with E-state index in [1.807, 2.05) is 6.92 Å². The van der Waals surface area contributed by atoms with Crippen molar-refractivity contribution in [2.45, 2.75) is 32.4 Å². The van der Waals surface area contributed by atoms with Crippen molar-refractivity contribution in [1.82, 2.24) is 0 Å². The van der Waals surface area contributed by atoms with Crippen molar-refractivity contribution in [1.29, 1.82) is 0 Å². The van der Waals surface area contributed by atoms with Crippen LogP contribution in [0.15, 0.2) is 18.2 Å².